The van der Waals surface area contributed by atoms with Gasteiger partial charge in [-0.2, -0.15) is 0 Å². The summed E-state index contributed by atoms with van der Waals surface area (Å²) >= 11 is 3.06. The standard InChI is InChI=1S/C19H21N3O2S2/c1-4-5-10-25-19-22-21-18(26-19)20-17(23)15-11-16(24-13(15)3)14-8-6-12(2)7-9-14/h6-9,11H,4-5,10H2,1-3H3,(H,20,21,23). The SMILES string of the molecule is CCCCSc1nnc(NC(=O)c2cc(-c3ccc(C)cc3)oc2C)s1. The van der Waals surface area contributed by atoms with E-state index in [1.54, 1.807) is 24.8 Å². The molecular formula is C19H21N3O2S2. The smallest absolute Gasteiger partial charge is 0.261 e. The third-order valence-corrected chi connectivity index (χ3v) is 5.91. The van der Waals surface area contributed by atoms with Gasteiger partial charge < -0.3 is 4.42 Å². The minimum Gasteiger partial charge on any atom is -0.461 e. The summed E-state index contributed by atoms with van der Waals surface area (Å²) in [6.45, 7) is 5.98. The third-order valence-electron chi connectivity index (χ3n) is 3.85. The molecule has 0 unspecified atom stereocenters. The van der Waals surface area contributed by atoms with Gasteiger partial charge in [0, 0.05) is 11.3 Å². The Morgan fingerprint density at radius 1 is 1.23 bits per heavy atom. The van der Waals surface area contributed by atoms with Crippen molar-refractivity contribution in [2.24, 2.45) is 0 Å². The third kappa shape index (κ3) is 4.53. The van der Waals surface area contributed by atoms with Gasteiger partial charge in [-0.1, -0.05) is 66.3 Å². The highest BCUT2D eigenvalue weighted by molar-refractivity contribution is 8.01. The fourth-order valence-corrected chi connectivity index (χ4v) is 4.26. The van der Waals surface area contributed by atoms with Crippen molar-refractivity contribution >= 4 is 34.1 Å². The van der Waals surface area contributed by atoms with Gasteiger partial charge in [0.2, 0.25) is 5.13 Å². The van der Waals surface area contributed by atoms with E-state index in [0.717, 1.165) is 28.5 Å². The Hall–Kier alpha value is -2.12. The number of benzene rings is 1. The van der Waals surface area contributed by atoms with Crippen LogP contribution in [0.25, 0.3) is 11.3 Å². The Bertz CT molecular complexity index is 885. The summed E-state index contributed by atoms with van der Waals surface area (Å²) in [5.41, 5.74) is 2.64. The molecule has 26 heavy (non-hydrogen) atoms. The first kappa shape index (κ1) is 18.7. The van der Waals surface area contributed by atoms with Gasteiger partial charge in [-0.15, -0.1) is 10.2 Å². The van der Waals surface area contributed by atoms with Gasteiger partial charge >= 0.3 is 0 Å². The Kier molecular flexibility index (Phi) is 6.11. The molecule has 0 saturated heterocycles. The molecule has 0 bridgehead atoms. The number of furan rings is 1. The maximum Gasteiger partial charge on any atom is 0.261 e. The fourth-order valence-electron chi connectivity index (χ4n) is 2.35. The minimum absolute atomic E-state index is 0.231. The lowest BCUT2D eigenvalue weighted by Gasteiger charge is -1.98. The summed E-state index contributed by atoms with van der Waals surface area (Å²) in [6.07, 6.45) is 2.29. The number of aryl methyl sites for hydroxylation is 2. The van der Waals surface area contributed by atoms with E-state index < -0.39 is 0 Å². The molecule has 5 nitrogen and oxygen atoms in total. The molecular weight excluding hydrogens is 366 g/mol. The van der Waals surface area contributed by atoms with E-state index in [1.165, 1.54) is 16.9 Å². The van der Waals surface area contributed by atoms with Crippen LogP contribution in [0.2, 0.25) is 0 Å². The molecule has 0 fully saturated rings. The first-order valence-corrected chi connectivity index (χ1v) is 10.3. The molecule has 3 rings (SSSR count). The van der Waals surface area contributed by atoms with E-state index in [9.17, 15) is 4.79 Å². The van der Waals surface area contributed by atoms with Gasteiger partial charge in [0.1, 0.15) is 11.5 Å². The number of thioether (sulfide) groups is 1. The molecule has 0 atom stereocenters. The van der Waals surface area contributed by atoms with Crippen LogP contribution < -0.4 is 5.32 Å². The second kappa shape index (κ2) is 8.51. The molecule has 0 aliphatic carbocycles. The largest absolute Gasteiger partial charge is 0.461 e. The molecule has 136 valence electrons. The molecule has 0 aliphatic heterocycles. The Labute approximate surface area is 161 Å². The Morgan fingerprint density at radius 3 is 2.73 bits per heavy atom. The fraction of sp³-hybridized carbons (Fsp3) is 0.316. The molecule has 1 amide bonds. The number of anilines is 1. The average Bonchev–Trinajstić information content (AvgIpc) is 3.22. The molecule has 7 heteroatoms. The summed E-state index contributed by atoms with van der Waals surface area (Å²) in [7, 11) is 0. The number of carbonyl (C=O) groups excluding carboxylic acids is 1. The number of carbonyl (C=O) groups is 1. The highest BCUT2D eigenvalue weighted by atomic mass is 32.2. The van der Waals surface area contributed by atoms with Crippen molar-refractivity contribution in [1.82, 2.24) is 10.2 Å². The molecule has 2 heterocycles. The Morgan fingerprint density at radius 2 is 2.00 bits per heavy atom. The van der Waals surface area contributed by atoms with Crippen LogP contribution in [0.15, 0.2) is 39.1 Å². The van der Waals surface area contributed by atoms with Crippen LogP contribution in [0.3, 0.4) is 0 Å². The predicted octanol–water partition coefficient (Wildman–Crippen LogP) is 5.56. The van der Waals surface area contributed by atoms with E-state index in [-0.39, 0.29) is 5.91 Å². The van der Waals surface area contributed by atoms with Gasteiger partial charge in [-0.3, -0.25) is 10.1 Å². The molecule has 1 N–H and O–H groups in total. The van der Waals surface area contributed by atoms with Crippen LogP contribution in [-0.4, -0.2) is 21.9 Å². The van der Waals surface area contributed by atoms with Crippen LogP contribution >= 0.6 is 23.1 Å². The van der Waals surface area contributed by atoms with E-state index in [1.807, 2.05) is 31.2 Å². The van der Waals surface area contributed by atoms with Gasteiger partial charge in [0.15, 0.2) is 4.34 Å². The first-order chi connectivity index (χ1) is 12.6. The lowest BCUT2D eigenvalue weighted by atomic mass is 10.1. The number of aromatic nitrogens is 2. The summed E-state index contributed by atoms with van der Waals surface area (Å²) in [5.74, 6) is 2.05. The Balaban J connectivity index is 1.69. The van der Waals surface area contributed by atoms with Crippen molar-refractivity contribution in [1.29, 1.82) is 0 Å². The zero-order chi connectivity index (χ0) is 18.5. The number of nitrogens with zero attached hydrogens (tertiary/aromatic N) is 2. The second-order valence-electron chi connectivity index (χ2n) is 5.98. The normalized spacial score (nSPS) is 10.9. The van der Waals surface area contributed by atoms with Crippen LogP contribution in [-0.2, 0) is 0 Å². The quantitative estimate of drug-likeness (QED) is 0.326. The van der Waals surface area contributed by atoms with Gasteiger partial charge in [-0.05, 0) is 26.3 Å². The van der Waals surface area contributed by atoms with Crippen molar-refractivity contribution < 1.29 is 9.21 Å². The molecule has 1 aromatic carbocycles. The van der Waals surface area contributed by atoms with Gasteiger partial charge in [0.05, 0.1) is 5.56 Å². The van der Waals surface area contributed by atoms with Crippen molar-refractivity contribution in [3.63, 3.8) is 0 Å². The average molecular weight is 388 g/mol. The number of rotatable bonds is 7. The van der Waals surface area contributed by atoms with E-state index >= 15 is 0 Å². The van der Waals surface area contributed by atoms with E-state index in [2.05, 4.69) is 22.4 Å². The predicted molar refractivity (Wildman–Crippen MR) is 107 cm³/mol. The van der Waals surface area contributed by atoms with Crippen LogP contribution in [0.5, 0.6) is 0 Å². The van der Waals surface area contributed by atoms with E-state index in [4.69, 9.17) is 4.42 Å². The highest BCUT2D eigenvalue weighted by Gasteiger charge is 2.17. The van der Waals surface area contributed by atoms with Crippen molar-refractivity contribution in [3.8, 4) is 11.3 Å². The van der Waals surface area contributed by atoms with Crippen LogP contribution in [0.4, 0.5) is 5.13 Å². The van der Waals surface area contributed by atoms with Gasteiger partial charge in [0.25, 0.3) is 5.91 Å². The molecule has 0 aliphatic rings. The number of amides is 1. The molecule has 0 saturated carbocycles. The molecule has 3 aromatic rings. The van der Waals surface area contributed by atoms with Crippen molar-refractivity contribution in [2.75, 3.05) is 11.1 Å². The molecule has 2 aromatic heterocycles. The zero-order valence-corrected chi connectivity index (χ0v) is 16.7. The molecule has 0 spiro atoms. The minimum atomic E-state index is -0.231. The lowest BCUT2D eigenvalue weighted by molar-refractivity contribution is 0.102. The maximum atomic E-state index is 12.6. The first-order valence-electron chi connectivity index (χ1n) is 8.52. The van der Waals surface area contributed by atoms with E-state index in [0.29, 0.717) is 22.2 Å². The van der Waals surface area contributed by atoms with Crippen molar-refractivity contribution in [2.45, 2.75) is 38.0 Å². The number of unbranched alkanes of at least 4 members (excludes halogenated alkanes) is 1. The summed E-state index contributed by atoms with van der Waals surface area (Å²) in [4.78, 5) is 12.6. The topological polar surface area (TPSA) is 68.0 Å². The summed E-state index contributed by atoms with van der Waals surface area (Å²) in [5, 5.41) is 11.5. The van der Waals surface area contributed by atoms with Gasteiger partial charge in [-0.25, -0.2) is 0 Å². The monoisotopic (exact) mass is 387 g/mol. The van der Waals surface area contributed by atoms with Crippen molar-refractivity contribution in [3.05, 3.63) is 47.2 Å². The summed E-state index contributed by atoms with van der Waals surface area (Å²) < 4.78 is 6.65. The number of nitrogens with one attached hydrogen (secondary N) is 1. The van der Waals surface area contributed by atoms with Crippen LogP contribution in [0.1, 0.15) is 41.4 Å². The maximum absolute atomic E-state index is 12.6. The summed E-state index contributed by atoms with van der Waals surface area (Å²) in [6, 6.07) is 9.78. The lowest BCUT2D eigenvalue weighted by Crippen LogP contribution is -2.11. The number of hydrogen-bond acceptors (Lipinski definition) is 6. The number of hydrogen-bond donors (Lipinski definition) is 1. The molecule has 0 radical (unpaired) electrons. The zero-order valence-electron chi connectivity index (χ0n) is 15.0. The van der Waals surface area contributed by atoms with Crippen LogP contribution in [0, 0.1) is 13.8 Å². The highest BCUT2D eigenvalue weighted by Crippen LogP contribution is 2.29. The second-order valence-corrected chi connectivity index (χ2v) is 8.30.